The summed E-state index contributed by atoms with van der Waals surface area (Å²) in [5.74, 6) is -0.164. The normalized spacial score (nSPS) is 16.9. The average Bonchev–Trinajstić information content (AvgIpc) is 3.05. The SMILES string of the molecule is CCN(CCc1ccncc1)C(=O)C1CC(=O)N(c2ccccc2)C1. The van der Waals surface area contributed by atoms with Crippen molar-refractivity contribution in [3.63, 3.8) is 0 Å². The molecule has 5 heteroatoms. The van der Waals surface area contributed by atoms with E-state index in [4.69, 9.17) is 0 Å². The molecule has 1 aliphatic heterocycles. The number of carbonyl (C=O) groups is 2. The average molecular weight is 337 g/mol. The predicted molar refractivity (Wildman–Crippen MR) is 97.1 cm³/mol. The van der Waals surface area contributed by atoms with Gasteiger partial charge in [0.1, 0.15) is 0 Å². The molecule has 1 unspecified atom stereocenters. The number of rotatable bonds is 6. The van der Waals surface area contributed by atoms with Gasteiger partial charge in [-0.05, 0) is 43.2 Å². The molecule has 0 N–H and O–H groups in total. The Hall–Kier alpha value is -2.69. The number of likely N-dealkylation sites (N-methyl/N-ethyl adjacent to an activating group) is 1. The first-order valence-corrected chi connectivity index (χ1v) is 8.72. The molecule has 1 aromatic carbocycles. The van der Waals surface area contributed by atoms with Crippen LogP contribution >= 0.6 is 0 Å². The molecule has 1 saturated heterocycles. The van der Waals surface area contributed by atoms with E-state index in [1.807, 2.05) is 54.3 Å². The number of aromatic nitrogens is 1. The van der Waals surface area contributed by atoms with E-state index >= 15 is 0 Å². The predicted octanol–water partition coefficient (Wildman–Crippen LogP) is 2.53. The Bertz CT molecular complexity index is 718. The number of hydrogen-bond acceptors (Lipinski definition) is 3. The van der Waals surface area contributed by atoms with Crippen LogP contribution in [0.2, 0.25) is 0 Å². The van der Waals surface area contributed by atoms with Gasteiger partial charge in [-0.15, -0.1) is 0 Å². The molecule has 0 bridgehead atoms. The van der Waals surface area contributed by atoms with Gasteiger partial charge >= 0.3 is 0 Å². The van der Waals surface area contributed by atoms with E-state index in [1.165, 1.54) is 0 Å². The van der Waals surface area contributed by atoms with Gasteiger partial charge in [-0.3, -0.25) is 14.6 Å². The summed E-state index contributed by atoms with van der Waals surface area (Å²) in [6, 6.07) is 13.5. The number of anilines is 1. The molecule has 1 atom stereocenters. The van der Waals surface area contributed by atoms with E-state index in [1.54, 1.807) is 17.3 Å². The van der Waals surface area contributed by atoms with Crippen molar-refractivity contribution in [3.05, 3.63) is 60.4 Å². The minimum absolute atomic E-state index is 0.0229. The van der Waals surface area contributed by atoms with Gasteiger partial charge in [-0.25, -0.2) is 0 Å². The quantitative estimate of drug-likeness (QED) is 0.814. The summed E-state index contributed by atoms with van der Waals surface area (Å²) in [6.45, 7) is 3.76. The van der Waals surface area contributed by atoms with Gasteiger partial charge in [-0.2, -0.15) is 0 Å². The lowest BCUT2D eigenvalue weighted by atomic mass is 10.1. The summed E-state index contributed by atoms with van der Waals surface area (Å²) in [5, 5.41) is 0. The van der Waals surface area contributed by atoms with E-state index in [2.05, 4.69) is 4.98 Å². The topological polar surface area (TPSA) is 53.5 Å². The molecule has 2 heterocycles. The molecule has 130 valence electrons. The molecule has 0 radical (unpaired) electrons. The lowest BCUT2D eigenvalue weighted by molar-refractivity contribution is -0.135. The van der Waals surface area contributed by atoms with Gasteiger partial charge in [0.2, 0.25) is 11.8 Å². The van der Waals surface area contributed by atoms with Gasteiger partial charge in [-0.1, -0.05) is 18.2 Å². The van der Waals surface area contributed by atoms with Crippen molar-refractivity contribution in [2.24, 2.45) is 5.92 Å². The van der Waals surface area contributed by atoms with E-state index < -0.39 is 0 Å². The molecule has 25 heavy (non-hydrogen) atoms. The maximum atomic E-state index is 12.9. The Kier molecular flexibility index (Phi) is 5.43. The maximum absolute atomic E-state index is 12.9. The monoisotopic (exact) mass is 337 g/mol. The third-order valence-electron chi connectivity index (χ3n) is 4.66. The number of nitrogens with zero attached hydrogens (tertiary/aromatic N) is 3. The van der Waals surface area contributed by atoms with E-state index in [-0.39, 0.29) is 17.7 Å². The van der Waals surface area contributed by atoms with Crippen molar-refractivity contribution in [1.82, 2.24) is 9.88 Å². The van der Waals surface area contributed by atoms with Crippen molar-refractivity contribution in [2.45, 2.75) is 19.8 Å². The lowest BCUT2D eigenvalue weighted by Gasteiger charge is -2.24. The van der Waals surface area contributed by atoms with Crippen LogP contribution in [-0.2, 0) is 16.0 Å². The van der Waals surface area contributed by atoms with Crippen LogP contribution in [0.15, 0.2) is 54.9 Å². The first kappa shape index (κ1) is 17.1. The zero-order valence-electron chi connectivity index (χ0n) is 14.5. The number of hydrogen-bond donors (Lipinski definition) is 0. The fourth-order valence-corrected chi connectivity index (χ4v) is 3.23. The lowest BCUT2D eigenvalue weighted by Crippen LogP contribution is -2.38. The van der Waals surface area contributed by atoms with Crippen molar-refractivity contribution in [1.29, 1.82) is 0 Å². The molecule has 0 aliphatic carbocycles. The molecule has 1 aliphatic rings. The summed E-state index contributed by atoms with van der Waals surface area (Å²) >= 11 is 0. The van der Waals surface area contributed by atoms with Crippen LogP contribution in [-0.4, -0.2) is 41.3 Å². The van der Waals surface area contributed by atoms with Crippen molar-refractivity contribution >= 4 is 17.5 Å². The Morgan fingerprint density at radius 2 is 1.92 bits per heavy atom. The zero-order valence-corrected chi connectivity index (χ0v) is 14.5. The van der Waals surface area contributed by atoms with Crippen LogP contribution in [0.25, 0.3) is 0 Å². The maximum Gasteiger partial charge on any atom is 0.228 e. The summed E-state index contributed by atoms with van der Waals surface area (Å²) in [7, 11) is 0. The van der Waals surface area contributed by atoms with Gasteiger partial charge in [0.25, 0.3) is 0 Å². The molecule has 0 saturated carbocycles. The summed E-state index contributed by atoms with van der Waals surface area (Å²) in [4.78, 5) is 32.8. The van der Waals surface area contributed by atoms with Crippen molar-refractivity contribution < 1.29 is 9.59 Å². The molecular weight excluding hydrogens is 314 g/mol. The van der Waals surface area contributed by atoms with Crippen LogP contribution in [0.1, 0.15) is 18.9 Å². The highest BCUT2D eigenvalue weighted by molar-refractivity contribution is 6.00. The second-order valence-electron chi connectivity index (χ2n) is 6.26. The van der Waals surface area contributed by atoms with E-state index in [0.717, 1.165) is 17.7 Å². The molecule has 1 fully saturated rings. The third-order valence-corrected chi connectivity index (χ3v) is 4.66. The fourth-order valence-electron chi connectivity index (χ4n) is 3.23. The highest BCUT2D eigenvalue weighted by Crippen LogP contribution is 2.26. The summed E-state index contributed by atoms with van der Waals surface area (Å²) < 4.78 is 0. The van der Waals surface area contributed by atoms with Gasteiger partial charge < -0.3 is 9.80 Å². The zero-order chi connectivity index (χ0) is 17.6. The van der Waals surface area contributed by atoms with Crippen molar-refractivity contribution in [2.75, 3.05) is 24.5 Å². The molecule has 2 aromatic rings. The second kappa shape index (κ2) is 7.92. The molecule has 5 nitrogen and oxygen atoms in total. The second-order valence-corrected chi connectivity index (χ2v) is 6.26. The van der Waals surface area contributed by atoms with Gasteiger partial charge in [0, 0.05) is 44.1 Å². The van der Waals surface area contributed by atoms with Crippen LogP contribution in [0.3, 0.4) is 0 Å². The minimum atomic E-state index is -0.259. The molecule has 1 aromatic heterocycles. The largest absolute Gasteiger partial charge is 0.342 e. The number of carbonyl (C=O) groups excluding carboxylic acids is 2. The van der Waals surface area contributed by atoms with Crippen LogP contribution in [0.5, 0.6) is 0 Å². The Morgan fingerprint density at radius 1 is 1.20 bits per heavy atom. The van der Waals surface area contributed by atoms with Crippen LogP contribution in [0.4, 0.5) is 5.69 Å². The number of benzene rings is 1. The van der Waals surface area contributed by atoms with Crippen LogP contribution in [0, 0.1) is 5.92 Å². The van der Waals surface area contributed by atoms with E-state index in [9.17, 15) is 9.59 Å². The van der Waals surface area contributed by atoms with E-state index in [0.29, 0.717) is 26.1 Å². The first-order chi connectivity index (χ1) is 12.2. The van der Waals surface area contributed by atoms with Crippen molar-refractivity contribution in [3.8, 4) is 0 Å². The number of pyridine rings is 1. The molecule has 0 spiro atoms. The molecule has 3 rings (SSSR count). The summed E-state index contributed by atoms with van der Waals surface area (Å²) in [5.41, 5.74) is 2.03. The number of para-hydroxylation sites is 1. The standard InChI is InChI=1S/C20H23N3O2/c1-2-22(13-10-16-8-11-21-12-9-16)20(25)17-14-19(24)23(15-17)18-6-4-3-5-7-18/h3-9,11-12,17H,2,10,13-15H2,1H3. The highest BCUT2D eigenvalue weighted by atomic mass is 16.2. The van der Waals surface area contributed by atoms with Gasteiger partial charge in [0.05, 0.1) is 5.92 Å². The fraction of sp³-hybridized carbons (Fsp3) is 0.350. The third kappa shape index (κ3) is 4.05. The van der Waals surface area contributed by atoms with Gasteiger partial charge in [0.15, 0.2) is 0 Å². The molecular formula is C20H23N3O2. The smallest absolute Gasteiger partial charge is 0.228 e. The number of amides is 2. The highest BCUT2D eigenvalue weighted by Gasteiger charge is 2.36. The Morgan fingerprint density at radius 3 is 2.60 bits per heavy atom. The summed E-state index contributed by atoms with van der Waals surface area (Å²) in [6.07, 6.45) is 4.62. The minimum Gasteiger partial charge on any atom is -0.342 e. The Balaban J connectivity index is 1.62. The Labute approximate surface area is 148 Å². The molecule has 2 amide bonds. The van der Waals surface area contributed by atoms with Crippen LogP contribution < -0.4 is 4.90 Å². The first-order valence-electron chi connectivity index (χ1n) is 8.72.